The standard InChI is InChI=1S/C11H10BrN3O/c12-9-10(14-15-11(9)13)7-1-2-8-6(5-7)3-4-16-8/h1-2,5H,3-4H2,(H3,13,14,15). The van der Waals surface area contributed by atoms with E-state index in [-0.39, 0.29) is 0 Å². The van der Waals surface area contributed by atoms with Gasteiger partial charge in [-0.05, 0) is 39.7 Å². The van der Waals surface area contributed by atoms with E-state index >= 15 is 0 Å². The van der Waals surface area contributed by atoms with E-state index in [1.165, 1.54) is 5.56 Å². The van der Waals surface area contributed by atoms with Crippen molar-refractivity contribution in [1.82, 2.24) is 10.2 Å². The van der Waals surface area contributed by atoms with E-state index in [1.807, 2.05) is 12.1 Å². The molecule has 1 aliphatic heterocycles. The molecule has 1 aromatic carbocycles. The predicted octanol–water partition coefficient (Wildman–Crippen LogP) is 2.36. The maximum absolute atomic E-state index is 5.68. The molecule has 5 heteroatoms. The summed E-state index contributed by atoms with van der Waals surface area (Å²) < 4.78 is 6.27. The Morgan fingerprint density at radius 2 is 2.31 bits per heavy atom. The Labute approximate surface area is 101 Å². The molecule has 16 heavy (non-hydrogen) atoms. The van der Waals surface area contributed by atoms with Crippen molar-refractivity contribution in [2.45, 2.75) is 6.42 Å². The number of ether oxygens (including phenoxy) is 1. The van der Waals surface area contributed by atoms with Crippen LogP contribution in [0, 0.1) is 0 Å². The van der Waals surface area contributed by atoms with Gasteiger partial charge in [0.2, 0.25) is 0 Å². The summed E-state index contributed by atoms with van der Waals surface area (Å²) >= 11 is 3.42. The molecule has 0 spiro atoms. The number of aromatic amines is 1. The van der Waals surface area contributed by atoms with Crippen molar-refractivity contribution in [3.8, 4) is 17.0 Å². The summed E-state index contributed by atoms with van der Waals surface area (Å²) in [6.07, 6.45) is 0.963. The van der Waals surface area contributed by atoms with Crippen molar-refractivity contribution in [2.75, 3.05) is 12.3 Å². The molecule has 0 atom stereocenters. The minimum Gasteiger partial charge on any atom is -0.493 e. The van der Waals surface area contributed by atoms with Gasteiger partial charge in [-0.1, -0.05) is 0 Å². The topological polar surface area (TPSA) is 63.9 Å². The second-order valence-corrected chi connectivity index (χ2v) is 4.51. The third-order valence-corrected chi connectivity index (χ3v) is 3.51. The summed E-state index contributed by atoms with van der Waals surface area (Å²) in [5, 5.41) is 6.88. The predicted molar refractivity (Wildman–Crippen MR) is 65.3 cm³/mol. The van der Waals surface area contributed by atoms with Crippen molar-refractivity contribution >= 4 is 21.7 Å². The number of hydrogen-bond acceptors (Lipinski definition) is 3. The molecule has 0 radical (unpaired) electrons. The summed E-state index contributed by atoms with van der Waals surface area (Å²) in [7, 11) is 0. The highest BCUT2D eigenvalue weighted by atomic mass is 79.9. The minimum atomic E-state index is 0.478. The van der Waals surface area contributed by atoms with Crippen LogP contribution in [0.4, 0.5) is 5.82 Å². The number of benzene rings is 1. The summed E-state index contributed by atoms with van der Waals surface area (Å²) in [5.74, 6) is 1.46. The van der Waals surface area contributed by atoms with Crippen LogP contribution in [-0.2, 0) is 6.42 Å². The molecule has 0 bridgehead atoms. The lowest BCUT2D eigenvalue weighted by Crippen LogP contribution is -1.85. The van der Waals surface area contributed by atoms with Gasteiger partial charge in [0.1, 0.15) is 5.75 Å². The first kappa shape index (κ1) is 9.72. The van der Waals surface area contributed by atoms with Gasteiger partial charge in [-0.3, -0.25) is 5.10 Å². The van der Waals surface area contributed by atoms with Gasteiger partial charge in [0.25, 0.3) is 0 Å². The van der Waals surface area contributed by atoms with Gasteiger partial charge in [0, 0.05) is 12.0 Å². The Bertz CT molecular complexity index is 550. The van der Waals surface area contributed by atoms with Crippen LogP contribution in [-0.4, -0.2) is 16.8 Å². The number of aromatic nitrogens is 2. The molecule has 0 aliphatic carbocycles. The SMILES string of the molecule is Nc1n[nH]c(-c2ccc3c(c2)CCO3)c1Br. The summed E-state index contributed by atoms with van der Waals surface area (Å²) in [6, 6.07) is 6.10. The third kappa shape index (κ3) is 1.39. The van der Waals surface area contributed by atoms with Crippen molar-refractivity contribution in [2.24, 2.45) is 0 Å². The quantitative estimate of drug-likeness (QED) is 0.842. The molecular weight excluding hydrogens is 270 g/mol. The number of rotatable bonds is 1. The second kappa shape index (κ2) is 3.52. The van der Waals surface area contributed by atoms with Gasteiger partial charge in [-0.25, -0.2) is 0 Å². The van der Waals surface area contributed by atoms with Crippen LogP contribution in [0.2, 0.25) is 0 Å². The molecule has 2 aromatic rings. The summed E-state index contributed by atoms with van der Waals surface area (Å²) in [4.78, 5) is 0. The number of nitrogens with two attached hydrogens (primary N) is 1. The fourth-order valence-corrected chi connectivity index (χ4v) is 2.28. The highest BCUT2D eigenvalue weighted by Crippen LogP contribution is 2.34. The lowest BCUT2D eigenvalue weighted by atomic mass is 10.1. The molecule has 82 valence electrons. The summed E-state index contributed by atoms with van der Waals surface area (Å²) in [6.45, 7) is 0.769. The second-order valence-electron chi connectivity index (χ2n) is 3.72. The first-order valence-corrected chi connectivity index (χ1v) is 5.80. The average molecular weight is 280 g/mol. The van der Waals surface area contributed by atoms with Gasteiger partial charge in [-0.15, -0.1) is 0 Å². The molecule has 1 aromatic heterocycles. The zero-order valence-electron chi connectivity index (χ0n) is 8.46. The third-order valence-electron chi connectivity index (χ3n) is 2.71. The smallest absolute Gasteiger partial charge is 0.160 e. The maximum atomic E-state index is 5.68. The van der Waals surface area contributed by atoms with Crippen molar-refractivity contribution in [3.63, 3.8) is 0 Å². The molecular formula is C11H10BrN3O. The van der Waals surface area contributed by atoms with Crippen molar-refractivity contribution in [1.29, 1.82) is 0 Å². The number of nitrogens with one attached hydrogen (secondary N) is 1. The lowest BCUT2D eigenvalue weighted by molar-refractivity contribution is 0.357. The molecule has 0 saturated heterocycles. The van der Waals surface area contributed by atoms with Crippen LogP contribution >= 0.6 is 15.9 Å². The van der Waals surface area contributed by atoms with Crippen LogP contribution in [0.3, 0.4) is 0 Å². The van der Waals surface area contributed by atoms with E-state index in [0.29, 0.717) is 5.82 Å². The monoisotopic (exact) mass is 279 g/mol. The Hall–Kier alpha value is -1.49. The summed E-state index contributed by atoms with van der Waals surface area (Å²) in [5.41, 5.74) is 8.89. The van der Waals surface area contributed by atoms with Crippen LogP contribution in [0.25, 0.3) is 11.3 Å². The lowest BCUT2D eigenvalue weighted by Gasteiger charge is -2.02. The number of nitrogens with zero attached hydrogens (tertiary/aromatic N) is 1. The van der Waals surface area contributed by atoms with Gasteiger partial charge < -0.3 is 10.5 Å². The molecule has 0 saturated carbocycles. The first-order chi connectivity index (χ1) is 7.75. The van der Waals surface area contributed by atoms with Crippen molar-refractivity contribution < 1.29 is 4.74 Å². The number of halogens is 1. The van der Waals surface area contributed by atoms with Gasteiger partial charge in [-0.2, -0.15) is 5.10 Å². The Morgan fingerprint density at radius 3 is 3.06 bits per heavy atom. The van der Waals surface area contributed by atoms with Crippen LogP contribution in [0.5, 0.6) is 5.75 Å². The first-order valence-electron chi connectivity index (χ1n) is 5.01. The van der Waals surface area contributed by atoms with Gasteiger partial charge >= 0.3 is 0 Å². The van der Waals surface area contributed by atoms with Crippen LogP contribution in [0.1, 0.15) is 5.56 Å². The number of H-pyrrole nitrogens is 1. The molecule has 0 amide bonds. The minimum absolute atomic E-state index is 0.478. The number of fused-ring (bicyclic) bond motifs is 1. The fourth-order valence-electron chi connectivity index (χ4n) is 1.88. The number of nitrogen functional groups attached to an aromatic ring is 1. The highest BCUT2D eigenvalue weighted by molar-refractivity contribution is 9.10. The van der Waals surface area contributed by atoms with Crippen molar-refractivity contribution in [3.05, 3.63) is 28.2 Å². The van der Waals surface area contributed by atoms with E-state index in [1.54, 1.807) is 0 Å². The zero-order valence-corrected chi connectivity index (χ0v) is 10.0. The molecule has 3 rings (SSSR count). The van der Waals surface area contributed by atoms with Crippen LogP contribution < -0.4 is 10.5 Å². The Balaban J connectivity index is 2.10. The highest BCUT2D eigenvalue weighted by Gasteiger charge is 2.15. The van der Waals surface area contributed by atoms with E-state index in [9.17, 15) is 0 Å². The molecule has 3 N–H and O–H groups in total. The maximum Gasteiger partial charge on any atom is 0.160 e. The molecule has 1 aliphatic rings. The van der Waals surface area contributed by atoms with E-state index < -0.39 is 0 Å². The van der Waals surface area contributed by atoms with E-state index in [2.05, 4.69) is 32.2 Å². The van der Waals surface area contributed by atoms with E-state index in [0.717, 1.165) is 34.5 Å². The normalized spacial score (nSPS) is 13.6. The molecule has 4 nitrogen and oxygen atoms in total. The number of hydrogen-bond donors (Lipinski definition) is 2. The Morgan fingerprint density at radius 1 is 1.44 bits per heavy atom. The fraction of sp³-hybridized carbons (Fsp3) is 0.182. The average Bonchev–Trinajstić information content (AvgIpc) is 2.86. The van der Waals surface area contributed by atoms with E-state index in [4.69, 9.17) is 10.5 Å². The largest absolute Gasteiger partial charge is 0.493 e. The molecule has 2 heterocycles. The molecule has 0 fully saturated rings. The van der Waals surface area contributed by atoms with Gasteiger partial charge in [0.15, 0.2) is 5.82 Å². The number of anilines is 1. The molecule has 0 unspecified atom stereocenters. The van der Waals surface area contributed by atoms with Crippen LogP contribution in [0.15, 0.2) is 22.7 Å². The Kier molecular flexibility index (Phi) is 2.14. The van der Waals surface area contributed by atoms with Gasteiger partial charge in [0.05, 0.1) is 16.8 Å². The zero-order chi connectivity index (χ0) is 11.1.